The molecule has 0 aromatic heterocycles. The number of nitrogens with zero attached hydrogens (tertiary/aromatic N) is 2. The number of benzene rings is 1. The molecule has 2 heterocycles. The van der Waals surface area contributed by atoms with Gasteiger partial charge in [-0.25, -0.2) is 0 Å². The number of hydrogen-bond acceptors (Lipinski definition) is 7. The Kier molecular flexibility index (Phi) is 5.00. The van der Waals surface area contributed by atoms with Gasteiger partial charge >= 0.3 is 0 Å². The smallest absolute Gasteiger partial charge is 0.266 e. The first-order valence-electron chi connectivity index (χ1n) is 9.49. The van der Waals surface area contributed by atoms with Crippen LogP contribution in [0.4, 0.5) is 5.69 Å². The Morgan fingerprint density at radius 3 is 2.43 bits per heavy atom. The Labute approximate surface area is 169 Å². The Balaban J connectivity index is 1.71. The molecule has 0 unspecified atom stereocenters. The average Bonchev–Trinajstić information content (AvgIpc) is 3.15. The number of nitriles is 1. The topological polar surface area (TPSA) is 83.8 Å². The Bertz CT molecular complexity index is 830. The van der Waals surface area contributed by atoms with Crippen LogP contribution in [0.1, 0.15) is 32.6 Å². The van der Waals surface area contributed by atoms with E-state index in [0.29, 0.717) is 50.5 Å². The molecular weight excluding hydrogens is 378 g/mol. The Morgan fingerprint density at radius 2 is 1.86 bits per heavy atom. The van der Waals surface area contributed by atoms with E-state index in [1.54, 1.807) is 0 Å². The van der Waals surface area contributed by atoms with Gasteiger partial charge in [0.05, 0.1) is 24.8 Å². The van der Waals surface area contributed by atoms with Gasteiger partial charge in [-0.3, -0.25) is 4.79 Å². The summed E-state index contributed by atoms with van der Waals surface area (Å²) in [5.41, 5.74) is 0.171. The van der Waals surface area contributed by atoms with Crippen LogP contribution in [-0.2, 0) is 14.3 Å². The lowest BCUT2D eigenvalue weighted by Gasteiger charge is -2.52. The second kappa shape index (κ2) is 7.32. The van der Waals surface area contributed by atoms with Crippen molar-refractivity contribution in [3.05, 3.63) is 34.9 Å². The standard InChI is InChI=1S/C20H23N3O4S/c1-2-25-15-5-3-14(4-6-15)23-18(28)16(13-21)17(24)22-19(23)7-9-20(10-8-19)26-11-12-27-20/h3-6,28H,2,7-12H2,1H3,(H,22,24). The maximum absolute atomic E-state index is 12.6. The number of anilines is 1. The molecule has 2 spiro atoms. The summed E-state index contributed by atoms with van der Waals surface area (Å²) in [5.74, 6) is -0.183. The lowest BCUT2D eigenvalue weighted by Crippen LogP contribution is -2.66. The van der Waals surface area contributed by atoms with Gasteiger partial charge in [-0.2, -0.15) is 5.26 Å². The van der Waals surface area contributed by atoms with E-state index < -0.39 is 11.4 Å². The lowest BCUT2D eigenvalue weighted by molar-refractivity contribution is -0.186. The molecule has 8 heteroatoms. The summed E-state index contributed by atoms with van der Waals surface area (Å²) in [6.07, 6.45) is 2.55. The highest BCUT2D eigenvalue weighted by Crippen LogP contribution is 2.46. The van der Waals surface area contributed by atoms with Crippen LogP contribution in [0, 0.1) is 11.3 Å². The van der Waals surface area contributed by atoms with Crippen molar-refractivity contribution < 1.29 is 19.0 Å². The summed E-state index contributed by atoms with van der Waals surface area (Å²) in [5, 5.41) is 12.9. The minimum atomic E-state index is -0.678. The number of nitrogens with one attached hydrogen (secondary N) is 1. The largest absolute Gasteiger partial charge is 0.494 e. The minimum Gasteiger partial charge on any atom is -0.494 e. The van der Waals surface area contributed by atoms with Gasteiger partial charge in [0.1, 0.15) is 23.1 Å². The van der Waals surface area contributed by atoms with Crippen molar-refractivity contribution in [1.29, 1.82) is 5.26 Å². The Morgan fingerprint density at radius 1 is 1.21 bits per heavy atom. The fraction of sp³-hybridized carbons (Fsp3) is 0.500. The van der Waals surface area contributed by atoms with Crippen LogP contribution in [0.2, 0.25) is 0 Å². The summed E-state index contributed by atoms with van der Waals surface area (Å²) < 4.78 is 17.2. The summed E-state index contributed by atoms with van der Waals surface area (Å²) >= 11 is 4.58. The molecule has 1 aromatic rings. The fourth-order valence-electron chi connectivity index (χ4n) is 4.25. The van der Waals surface area contributed by atoms with Crippen molar-refractivity contribution in [2.45, 2.75) is 44.1 Å². The molecule has 0 radical (unpaired) electrons. The van der Waals surface area contributed by atoms with Crippen molar-refractivity contribution >= 4 is 24.2 Å². The number of ether oxygens (including phenoxy) is 3. The minimum absolute atomic E-state index is 0.0106. The third-order valence-corrected chi connectivity index (χ3v) is 6.03. The SMILES string of the molecule is CCOc1ccc(N2C(S)=C(C#N)C(=O)NC23CCC2(CC3)OCCO2)cc1. The highest BCUT2D eigenvalue weighted by molar-refractivity contribution is 7.84. The molecule has 1 amide bonds. The van der Waals surface area contributed by atoms with Crippen molar-refractivity contribution in [3.8, 4) is 11.8 Å². The van der Waals surface area contributed by atoms with Gasteiger partial charge < -0.3 is 24.4 Å². The van der Waals surface area contributed by atoms with E-state index in [-0.39, 0.29) is 11.5 Å². The molecule has 0 atom stereocenters. The van der Waals surface area contributed by atoms with Gasteiger partial charge in [0.2, 0.25) is 0 Å². The third-order valence-electron chi connectivity index (χ3n) is 5.61. The van der Waals surface area contributed by atoms with E-state index in [1.165, 1.54) is 0 Å². The number of thiol groups is 1. The molecule has 148 valence electrons. The van der Waals surface area contributed by atoms with Gasteiger partial charge in [-0.1, -0.05) is 0 Å². The summed E-state index contributed by atoms with van der Waals surface area (Å²) in [7, 11) is 0. The van der Waals surface area contributed by atoms with Gasteiger partial charge in [0, 0.05) is 18.5 Å². The molecule has 1 saturated heterocycles. The molecule has 2 fully saturated rings. The zero-order chi connectivity index (χ0) is 19.8. The zero-order valence-electron chi connectivity index (χ0n) is 15.7. The van der Waals surface area contributed by atoms with Crippen LogP contribution in [0.5, 0.6) is 5.75 Å². The number of carbonyl (C=O) groups excluding carboxylic acids is 1. The first-order valence-corrected chi connectivity index (χ1v) is 9.94. The van der Waals surface area contributed by atoms with Crippen LogP contribution >= 0.6 is 12.6 Å². The molecule has 4 rings (SSSR count). The van der Waals surface area contributed by atoms with Gasteiger partial charge in [0.15, 0.2) is 5.79 Å². The fourth-order valence-corrected chi connectivity index (χ4v) is 4.71. The normalized spacial score (nSPS) is 23.0. The van der Waals surface area contributed by atoms with E-state index in [4.69, 9.17) is 14.2 Å². The van der Waals surface area contributed by atoms with E-state index in [1.807, 2.05) is 42.2 Å². The Hall–Kier alpha value is -2.21. The number of rotatable bonds is 3. The van der Waals surface area contributed by atoms with Crippen LogP contribution < -0.4 is 15.0 Å². The average molecular weight is 401 g/mol. The van der Waals surface area contributed by atoms with Gasteiger partial charge in [-0.15, -0.1) is 12.6 Å². The van der Waals surface area contributed by atoms with E-state index in [2.05, 4.69) is 17.9 Å². The number of hydrogen-bond donors (Lipinski definition) is 2. The van der Waals surface area contributed by atoms with Crippen LogP contribution in [-0.4, -0.2) is 37.2 Å². The molecule has 7 nitrogen and oxygen atoms in total. The van der Waals surface area contributed by atoms with E-state index in [0.717, 1.165) is 11.4 Å². The predicted molar refractivity (Wildman–Crippen MR) is 106 cm³/mol. The first kappa shape index (κ1) is 19.1. The van der Waals surface area contributed by atoms with Crippen molar-refractivity contribution in [3.63, 3.8) is 0 Å². The third kappa shape index (κ3) is 3.13. The molecule has 1 N–H and O–H groups in total. The van der Waals surface area contributed by atoms with E-state index in [9.17, 15) is 10.1 Å². The second-order valence-corrected chi connectivity index (χ2v) is 7.59. The molecule has 0 bridgehead atoms. The van der Waals surface area contributed by atoms with Crippen molar-refractivity contribution in [2.75, 3.05) is 24.7 Å². The van der Waals surface area contributed by atoms with Crippen LogP contribution in [0.3, 0.4) is 0 Å². The maximum Gasteiger partial charge on any atom is 0.266 e. The molecule has 1 aromatic carbocycles. The highest BCUT2D eigenvalue weighted by atomic mass is 32.1. The van der Waals surface area contributed by atoms with E-state index >= 15 is 0 Å². The quantitative estimate of drug-likeness (QED) is 0.758. The monoisotopic (exact) mass is 401 g/mol. The molecule has 1 saturated carbocycles. The number of carbonyl (C=O) groups is 1. The highest BCUT2D eigenvalue weighted by Gasteiger charge is 2.52. The maximum atomic E-state index is 12.6. The van der Waals surface area contributed by atoms with Crippen molar-refractivity contribution in [2.24, 2.45) is 0 Å². The van der Waals surface area contributed by atoms with Crippen LogP contribution in [0.25, 0.3) is 0 Å². The molecule has 3 aliphatic rings. The van der Waals surface area contributed by atoms with Gasteiger partial charge in [0.25, 0.3) is 5.91 Å². The second-order valence-electron chi connectivity index (χ2n) is 7.17. The molecule has 28 heavy (non-hydrogen) atoms. The molecule has 1 aliphatic carbocycles. The van der Waals surface area contributed by atoms with Crippen molar-refractivity contribution in [1.82, 2.24) is 5.32 Å². The molecular formula is C20H23N3O4S. The lowest BCUT2D eigenvalue weighted by atomic mass is 9.82. The first-order chi connectivity index (χ1) is 13.5. The van der Waals surface area contributed by atoms with Gasteiger partial charge in [-0.05, 0) is 44.0 Å². The summed E-state index contributed by atoms with van der Waals surface area (Å²) in [4.78, 5) is 14.5. The van der Waals surface area contributed by atoms with Crippen LogP contribution in [0.15, 0.2) is 34.9 Å². The summed E-state index contributed by atoms with van der Waals surface area (Å²) in [6, 6.07) is 9.58. The zero-order valence-corrected chi connectivity index (χ0v) is 16.6. The predicted octanol–water partition coefficient (Wildman–Crippen LogP) is 2.70. The summed E-state index contributed by atoms with van der Waals surface area (Å²) in [6.45, 7) is 3.71. The number of amides is 1. The molecule has 2 aliphatic heterocycles.